The van der Waals surface area contributed by atoms with Gasteiger partial charge in [-0.1, -0.05) is 30.3 Å². The number of hydrogen-bond acceptors (Lipinski definition) is 4. The van der Waals surface area contributed by atoms with Gasteiger partial charge < -0.3 is 9.72 Å². The normalized spacial score (nSPS) is 11.7. The third kappa shape index (κ3) is 2.90. The zero-order valence-corrected chi connectivity index (χ0v) is 14.5. The van der Waals surface area contributed by atoms with Gasteiger partial charge in [-0.15, -0.1) is 0 Å². The Bertz CT molecular complexity index is 1230. The van der Waals surface area contributed by atoms with Crippen LogP contribution in [0.2, 0.25) is 0 Å². The van der Waals surface area contributed by atoms with Gasteiger partial charge in [0.15, 0.2) is 11.5 Å². The highest BCUT2D eigenvalue weighted by Crippen LogP contribution is 2.36. The van der Waals surface area contributed by atoms with Gasteiger partial charge in [0.2, 0.25) is 0 Å². The summed E-state index contributed by atoms with van der Waals surface area (Å²) < 4.78 is 46.6. The molecule has 2 aromatic carbocycles. The fourth-order valence-electron chi connectivity index (χ4n) is 2.99. The van der Waals surface area contributed by atoms with Crippen LogP contribution in [0.4, 0.5) is 13.2 Å². The molecule has 0 spiro atoms. The first-order valence-corrected chi connectivity index (χ1v) is 8.18. The summed E-state index contributed by atoms with van der Waals surface area (Å²) in [6.45, 7) is 0. The van der Waals surface area contributed by atoms with Crippen molar-refractivity contribution in [3.05, 3.63) is 70.8 Å². The molecule has 0 aliphatic heterocycles. The quantitative estimate of drug-likeness (QED) is 0.581. The highest BCUT2D eigenvalue weighted by Gasteiger charge is 2.34. The van der Waals surface area contributed by atoms with Crippen molar-refractivity contribution >= 4 is 11.2 Å². The predicted octanol–water partition coefficient (Wildman–Crippen LogP) is 3.80. The van der Waals surface area contributed by atoms with E-state index in [1.54, 1.807) is 24.3 Å². The summed E-state index contributed by atoms with van der Waals surface area (Å²) in [7, 11) is 1.46. The van der Waals surface area contributed by atoms with Gasteiger partial charge in [0.05, 0.1) is 24.6 Å². The number of nitrogens with zero attached hydrogens (tertiary/aromatic N) is 3. The van der Waals surface area contributed by atoms with Crippen LogP contribution in [-0.4, -0.2) is 26.6 Å². The van der Waals surface area contributed by atoms with Crippen molar-refractivity contribution in [3.8, 4) is 22.8 Å². The lowest BCUT2D eigenvalue weighted by atomic mass is 10.1. The molecule has 142 valence electrons. The van der Waals surface area contributed by atoms with Gasteiger partial charge in [0.1, 0.15) is 11.3 Å². The van der Waals surface area contributed by atoms with E-state index in [4.69, 9.17) is 4.74 Å². The third-order valence-electron chi connectivity index (χ3n) is 4.22. The number of rotatable bonds is 3. The number of benzene rings is 2. The number of H-pyrrole nitrogens is 1. The molecule has 28 heavy (non-hydrogen) atoms. The lowest BCUT2D eigenvalue weighted by Gasteiger charge is -2.12. The van der Waals surface area contributed by atoms with Crippen LogP contribution < -0.4 is 10.4 Å². The molecule has 0 saturated heterocycles. The lowest BCUT2D eigenvalue weighted by molar-refractivity contribution is -0.137. The van der Waals surface area contributed by atoms with E-state index in [2.05, 4.69) is 15.0 Å². The minimum absolute atomic E-state index is 0.136. The van der Waals surface area contributed by atoms with Gasteiger partial charge in [-0.05, 0) is 18.2 Å². The minimum atomic E-state index is -4.56. The van der Waals surface area contributed by atoms with Gasteiger partial charge in [-0.3, -0.25) is 0 Å². The number of fused-ring (bicyclic) bond motifs is 1. The maximum Gasteiger partial charge on any atom is 0.417 e. The van der Waals surface area contributed by atoms with Crippen LogP contribution in [0, 0.1) is 0 Å². The summed E-state index contributed by atoms with van der Waals surface area (Å²) in [6, 6.07) is 11.8. The molecule has 0 unspecified atom stereocenters. The Hall–Kier alpha value is -3.62. The van der Waals surface area contributed by atoms with Crippen molar-refractivity contribution < 1.29 is 17.9 Å². The van der Waals surface area contributed by atoms with Gasteiger partial charge in [-0.2, -0.15) is 13.2 Å². The number of alkyl halides is 3. The van der Waals surface area contributed by atoms with Crippen LogP contribution in [0.3, 0.4) is 0 Å². The molecular formula is C19H13F3N4O2. The van der Waals surface area contributed by atoms with E-state index >= 15 is 0 Å². The topological polar surface area (TPSA) is 72.8 Å². The van der Waals surface area contributed by atoms with Crippen LogP contribution in [-0.2, 0) is 6.18 Å². The molecule has 0 aliphatic rings. The molecule has 1 N–H and O–H groups in total. The number of para-hydroxylation sites is 2. The average molecular weight is 386 g/mol. The zero-order chi connectivity index (χ0) is 19.9. The maximum atomic E-state index is 13.4. The summed E-state index contributed by atoms with van der Waals surface area (Å²) >= 11 is 0. The Morgan fingerprint density at radius 2 is 1.79 bits per heavy atom. The highest BCUT2D eigenvalue weighted by molar-refractivity contribution is 5.76. The molecule has 0 atom stereocenters. The molecule has 0 aliphatic carbocycles. The second-order valence-electron chi connectivity index (χ2n) is 5.91. The van der Waals surface area contributed by atoms with E-state index in [0.29, 0.717) is 17.0 Å². The molecule has 4 aromatic rings. The first-order chi connectivity index (χ1) is 13.4. The number of halogens is 3. The van der Waals surface area contributed by atoms with Crippen LogP contribution in [0.1, 0.15) is 5.56 Å². The third-order valence-corrected chi connectivity index (χ3v) is 4.22. The second kappa shape index (κ2) is 6.52. The molecule has 2 heterocycles. The molecule has 0 radical (unpaired) electrons. The van der Waals surface area contributed by atoms with Crippen molar-refractivity contribution in [3.63, 3.8) is 0 Å². The standard InChI is InChI=1S/C19H13F3N4O2/c1-28-15-9-5-4-8-14(15)26-17-13(24-18(26)27)10-23-16(25-17)11-6-2-3-7-12(11)19(20,21)22/h2-10H,1H3,(H,24,27). The van der Waals surface area contributed by atoms with E-state index in [1.165, 1.54) is 36.1 Å². The first kappa shape index (κ1) is 17.8. The monoisotopic (exact) mass is 386 g/mol. The van der Waals surface area contributed by atoms with Crippen molar-refractivity contribution in [1.29, 1.82) is 0 Å². The maximum absolute atomic E-state index is 13.4. The molecule has 0 bridgehead atoms. The predicted molar refractivity (Wildman–Crippen MR) is 96.5 cm³/mol. The molecule has 6 nitrogen and oxygen atoms in total. The summed E-state index contributed by atoms with van der Waals surface area (Å²) in [5, 5.41) is 0. The van der Waals surface area contributed by atoms with Crippen LogP contribution in [0.15, 0.2) is 59.5 Å². The Morgan fingerprint density at radius 1 is 1.07 bits per heavy atom. The van der Waals surface area contributed by atoms with Crippen molar-refractivity contribution in [2.75, 3.05) is 7.11 Å². The largest absolute Gasteiger partial charge is 0.495 e. The second-order valence-corrected chi connectivity index (χ2v) is 5.91. The van der Waals surface area contributed by atoms with Crippen molar-refractivity contribution in [1.82, 2.24) is 19.5 Å². The average Bonchev–Trinajstić information content (AvgIpc) is 3.02. The van der Waals surface area contributed by atoms with E-state index in [9.17, 15) is 18.0 Å². The van der Waals surface area contributed by atoms with Gasteiger partial charge in [0.25, 0.3) is 0 Å². The van der Waals surface area contributed by atoms with E-state index < -0.39 is 17.4 Å². The lowest BCUT2D eigenvalue weighted by Crippen LogP contribution is -2.16. The zero-order valence-electron chi connectivity index (χ0n) is 14.5. The fraction of sp³-hybridized carbons (Fsp3) is 0.105. The molecule has 0 saturated carbocycles. The highest BCUT2D eigenvalue weighted by atomic mass is 19.4. The van der Waals surface area contributed by atoms with Gasteiger partial charge in [-0.25, -0.2) is 19.3 Å². The number of imidazole rings is 1. The first-order valence-electron chi connectivity index (χ1n) is 8.18. The van der Waals surface area contributed by atoms with Crippen LogP contribution >= 0.6 is 0 Å². The Morgan fingerprint density at radius 3 is 2.54 bits per heavy atom. The number of aromatic nitrogens is 4. The Labute approximate surface area is 156 Å². The summed E-state index contributed by atoms with van der Waals surface area (Å²) in [6.07, 6.45) is -3.27. The van der Waals surface area contributed by atoms with Gasteiger partial charge >= 0.3 is 11.9 Å². The van der Waals surface area contributed by atoms with Gasteiger partial charge in [0, 0.05) is 5.56 Å². The van der Waals surface area contributed by atoms with Crippen molar-refractivity contribution in [2.24, 2.45) is 0 Å². The summed E-state index contributed by atoms with van der Waals surface area (Å²) in [4.78, 5) is 23.4. The minimum Gasteiger partial charge on any atom is -0.495 e. The fourth-order valence-corrected chi connectivity index (χ4v) is 2.99. The molecule has 4 rings (SSSR count). The summed E-state index contributed by atoms with van der Waals surface area (Å²) in [5.41, 5.74) is -0.668. The molecule has 0 amide bonds. The van der Waals surface area contributed by atoms with E-state index in [1.807, 2.05) is 0 Å². The number of methoxy groups -OCH3 is 1. The number of nitrogens with one attached hydrogen (secondary N) is 1. The van der Waals surface area contributed by atoms with Crippen molar-refractivity contribution in [2.45, 2.75) is 6.18 Å². The molecule has 0 fully saturated rings. The molecule has 9 heteroatoms. The Balaban J connectivity index is 1.98. The number of ether oxygens (including phenoxy) is 1. The Kier molecular flexibility index (Phi) is 4.14. The van der Waals surface area contributed by atoms with Crippen LogP contribution in [0.25, 0.3) is 28.2 Å². The molecule has 2 aromatic heterocycles. The van der Waals surface area contributed by atoms with Crippen LogP contribution in [0.5, 0.6) is 5.75 Å². The summed E-state index contributed by atoms with van der Waals surface area (Å²) in [5.74, 6) is 0.282. The smallest absolute Gasteiger partial charge is 0.417 e. The van der Waals surface area contributed by atoms with E-state index in [0.717, 1.165) is 6.07 Å². The number of hydrogen-bond donors (Lipinski definition) is 1. The number of aromatic amines is 1. The van der Waals surface area contributed by atoms with E-state index in [-0.39, 0.29) is 17.0 Å². The SMILES string of the molecule is COc1ccccc1-n1c(=O)[nH]c2cnc(-c3ccccc3C(F)(F)F)nc21. The molecular weight excluding hydrogens is 373 g/mol.